The topological polar surface area (TPSA) is 107 Å². The standard InChI is InChI=1S/C23H31F2N5O3S/c1-6-15(10-31)28-20(32)21-29-18(22(33)30-11-23(24,25)8-14(30)5)19(34-21)16-9-26-17(7-13(16)4)27-12(2)3/h7,9,12,14-15,31H,6,8,10-11H2,1-5H3,(H,26,27)(H,28,32)/t14-,15-/m0/s1. The molecule has 3 N–H and O–H groups in total. The number of nitrogens with zero attached hydrogens (tertiary/aromatic N) is 3. The van der Waals surface area contributed by atoms with Gasteiger partial charge in [-0.2, -0.15) is 0 Å². The van der Waals surface area contributed by atoms with Gasteiger partial charge in [-0.15, -0.1) is 11.3 Å². The van der Waals surface area contributed by atoms with Gasteiger partial charge in [0.2, 0.25) is 0 Å². The number of halogens is 2. The Morgan fingerprint density at radius 1 is 1.38 bits per heavy atom. The van der Waals surface area contributed by atoms with Gasteiger partial charge in [-0.3, -0.25) is 9.59 Å². The van der Waals surface area contributed by atoms with E-state index in [0.29, 0.717) is 22.7 Å². The van der Waals surface area contributed by atoms with Crippen LogP contribution in [0.15, 0.2) is 12.3 Å². The number of amides is 2. The Bertz CT molecular complexity index is 1060. The molecule has 186 valence electrons. The van der Waals surface area contributed by atoms with Gasteiger partial charge in [0.1, 0.15) is 11.5 Å². The van der Waals surface area contributed by atoms with Gasteiger partial charge in [-0.1, -0.05) is 6.92 Å². The van der Waals surface area contributed by atoms with Crippen LogP contribution in [-0.2, 0) is 0 Å². The number of thiazole rings is 1. The number of aliphatic hydroxyl groups excluding tert-OH is 1. The average molecular weight is 496 g/mol. The van der Waals surface area contributed by atoms with Crippen LogP contribution < -0.4 is 10.6 Å². The highest BCUT2D eigenvalue weighted by molar-refractivity contribution is 7.17. The van der Waals surface area contributed by atoms with Crippen LogP contribution in [0.25, 0.3) is 10.4 Å². The summed E-state index contributed by atoms with van der Waals surface area (Å²) in [4.78, 5) is 36.4. The molecule has 8 nitrogen and oxygen atoms in total. The first-order valence-electron chi connectivity index (χ1n) is 11.3. The lowest BCUT2D eigenvalue weighted by Crippen LogP contribution is -2.37. The zero-order chi connectivity index (χ0) is 25.2. The Morgan fingerprint density at radius 3 is 2.62 bits per heavy atom. The van der Waals surface area contributed by atoms with Crippen LogP contribution in [0.5, 0.6) is 0 Å². The number of pyridine rings is 1. The van der Waals surface area contributed by atoms with Gasteiger partial charge >= 0.3 is 0 Å². The maximum Gasteiger partial charge on any atom is 0.280 e. The van der Waals surface area contributed by atoms with E-state index in [-0.39, 0.29) is 23.4 Å². The van der Waals surface area contributed by atoms with Crippen LogP contribution in [0.3, 0.4) is 0 Å². The number of aromatic nitrogens is 2. The highest BCUT2D eigenvalue weighted by Crippen LogP contribution is 2.37. The third kappa shape index (κ3) is 5.69. The molecule has 1 aliphatic heterocycles. The van der Waals surface area contributed by atoms with E-state index in [1.165, 1.54) is 0 Å². The van der Waals surface area contributed by atoms with Crippen molar-refractivity contribution in [2.24, 2.45) is 0 Å². The van der Waals surface area contributed by atoms with Crippen molar-refractivity contribution in [1.82, 2.24) is 20.2 Å². The Morgan fingerprint density at radius 2 is 2.09 bits per heavy atom. The van der Waals surface area contributed by atoms with Gasteiger partial charge in [-0.05, 0) is 45.7 Å². The number of hydrogen-bond acceptors (Lipinski definition) is 7. The summed E-state index contributed by atoms with van der Waals surface area (Å²) in [7, 11) is 0. The quantitative estimate of drug-likeness (QED) is 0.516. The molecule has 0 radical (unpaired) electrons. The lowest BCUT2D eigenvalue weighted by molar-refractivity contribution is 0.0118. The summed E-state index contributed by atoms with van der Waals surface area (Å²) >= 11 is 1.01. The van der Waals surface area contributed by atoms with Crippen LogP contribution >= 0.6 is 11.3 Å². The first kappa shape index (κ1) is 26.0. The molecule has 0 bridgehead atoms. The molecule has 1 aliphatic rings. The number of carbonyl (C=O) groups excluding carboxylic acids is 2. The van der Waals surface area contributed by atoms with Crippen molar-refractivity contribution in [2.45, 2.75) is 71.5 Å². The van der Waals surface area contributed by atoms with Crippen molar-refractivity contribution >= 4 is 29.0 Å². The zero-order valence-corrected chi connectivity index (χ0v) is 20.8. The molecule has 0 aromatic carbocycles. The Kier molecular flexibility index (Phi) is 7.87. The Balaban J connectivity index is 2.04. The van der Waals surface area contributed by atoms with Crippen molar-refractivity contribution in [2.75, 3.05) is 18.5 Å². The fourth-order valence-electron chi connectivity index (χ4n) is 3.86. The summed E-state index contributed by atoms with van der Waals surface area (Å²) in [6, 6.07) is 0.880. The highest BCUT2D eigenvalue weighted by Gasteiger charge is 2.46. The molecular formula is C23H31F2N5O3S. The number of carbonyl (C=O) groups is 2. The number of nitrogens with one attached hydrogen (secondary N) is 2. The van der Waals surface area contributed by atoms with Gasteiger partial charge < -0.3 is 20.6 Å². The molecule has 2 aromatic rings. The van der Waals surface area contributed by atoms with Crippen molar-refractivity contribution in [3.8, 4) is 10.4 Å². The van der Waals surface area contributed by atoms with Gasteiger partial charge in [0.25, 0.3) is 17.7 Å². The lowest BCUT2D eigenvalue weighted by atomic mass is 10.1. The summed E-state index contributed by atoms with van der Waals surface area (Å²) in [5, 5.41) is 15.3. The molecule has 1 saturated heterocycles. The summed E-state index contributed by atoms with van der Waals surface area (Å²) in [6.45, 7) is 8.28. The monoisotopic (exact) mass is 495 g/mol. The highest BCUT2D eigenvalue weighted by atomic mass is 32.1. The first-order valence-corrected chi connectivity index (χ1v) is 12.1. The van der Waals surface area contributed by atoms with Crippen LogP contribution in [-0.4, -0.2) is 69.0 Å². The van der Waals surface area contributed by atoms with E-state index in [4.69, 9.17) is 0 Å². The van der Waals surface area contributed by atoms with E-state index >= 15 is 0 Å². The smallest absolute Gasteiger partial charge is 0.280 e. The fraction of sp³-hybridized carbons (Fsp3) is 0.565. The van der Waals surface area contributed by atoms with Gasteiger partial charge in [0.15, 0.2) is 5.01 Å². The van der Waals surface area contributed by atoms with Crippen LogP contribution in [0.4, 0.5) is 14.6 Å². The van der Waals surface area contributed by atoms with E-state index in [9.17, 15) is 23.5 Å². The molecule has 3 heterocycles. The maximum atomic E-state index is 14.0. The lowest BCUT2D eigenvalue weighted by Gasteiger charge is -2.20. The normalized spacial score (nSPS) is 18.3. The second kappa shape index (κ2) is 10.3. The molecule has 2 amide bonds. The number of anilines is 1. The largest absolute Gasteiger partial charge is 0.394 e. The Labute approximate surface area is 201 Å². The van der Waals surface area contributed by atoms with E-state index in [2.05, 4.69) is 20.6 Å². The predicted octanol–water partition coefficient (Wildman–Crippen LogP) is 3.70. The Hall–Kier alpha value is -2.66. The molecule has 0 spiro atoms. The van der Waals surface area contributed by atoms with Gasteiger partial charge in [-0.25, -0.2) is 18.7 Å². The SMILES string of the molecule is CC[C@@H](CO)NC(=O)c1nc(C(=O)N2CC(F)(F)C[C@@H]2C)c(-c2cnc(NC(C)C)cc2C)s1. The van der Waals surface area contributed by atoms with Gasteiger partial charge in [0.05, 0.1) is 24.1 Å². The third-order valence-corrected chi connectivity index (χ3v) is 6.74. The van der Waals surface area contributed by atoms with Crippen LogP contribution in [0.2, 0.25) is 0 Å². The molecule has 3 rings (SSSR count). The van der Waals surface area contributed by atoms with Crippen LogP contribution in [0.1, 0.15) is 66.4 Å². The first-order chi connectivity index (χ1) is 16.0. The molecule has 0 aliphatic carbocycles. The maximum absolute atomic E-state index is 14.0. The molecule has 1 fully saturated rings. The summed E-state index contributed by atoms with van der Waals surface area (Å²) in [6.07, 6.45) is 1.69. The zero-order valence-electron chi connectivity index (χ0n) is 20.0. The van der Waals surface area contributed by atoms with Crippen molar-refractivity contribution in [3.05, 3.63) is 28.5 Å². The summed E-state index contributed by atoms with van der Waals surface area (Å²) < 4.78 is 28.0. The van der Waals surface area contributed by atoms with E-state index in [1.54, 1.807) is 13.1 Å². The number of rotatable bonds is 8. The second-order valence-electron chi connectivity index (χ2n) is 8.98. The number of aryl methyl sites for hydroxylation is 1. The molecule has 0 saturated carbocycles. The van der Waals surface area contributed by atoms with Crippen molar-refractivity contribution < 1.29 is 23.5 Å². The van der Waals surface area contributed by atoms with Crippen molar-refractivity contribution in [3.63, 3.8) is 0 Å². The molecule has 2 atom stereocenters. The minimum atomic E-state index is -2.97. The molecule has 0 unspecified atom stereocenters. The molecule has 11 heteroatoms. The molecule has 34 heavy (non-hydrogen) atoms. The minimum absolute atomic E-state index is 0.0210. The van der Waals surface area contributed by atoms with Gasteiger partial charge in [0, 0.05) is 30.3 Å². The number of hydrogen-bond donors (Lipinski definition) is 3. The minimum Gasteiger partial charge on any atom is -0.394 e. The fourth-order valence-corrected chi connectivity index (χ4v) is 4.89. The number of aliphatic hydroxyl groups is 1. The molecular weight excluding hydrogens is 464 g/mol. The second-order valence-corrected chi connectivity index (χ2v) is 9.98. The third-order valence-electron chi connectivity index (χ3n) is 5.65. The van der Waals surface area contributed by atoms with Crippen LogP contribution in [0, 0.1) is 6.92 Å². The number of likely N-dealkylation sites (tertiary alicyclic amines) is 1. The summed E-state index contributed by atoms with van der Waals surface area (Å²) in [5.41, 5.74) is 1.35. The average Bonchev–Trinajstić information content (AvgIpc) is 3.31. The number of alkyl halides is 2. The summed E-state index contributed by atoms with van der Waals surface area (Å²) in [5.74, 6) is -3.49. The predicted molar refractivity (Wildman–Crippen MR) is 128 cm³/mol. The van der Waals surface area contributed by atoms with E-state index in [1.807, 2.05) is 33.8 Å². The molecule has 2 aromatic heterocycles. The van der Waals surface area contributed by atoms with Crippen molar-refractivity contribution in [1.29, 1.82) is 0 Å². The van der Waals surface area contributed by atoms with E-state index in [0.717, 1.165) is 21.8 Å². The van der Waals surface area contributed by atoms with E-state index < -0.39 is 42.8 Å².